The Morgan fingerprint density at radius 2 is 1.80 bits per heavy atom. The molecule has 6 nitrogen and oxygen atoms in total. The van der Waals surface area contributed by atoms with Crippen LogP contribution in [0.3, 0.4) is 0 Å². The lowest BCUT2D eigenvalue weighted by atomic mass is 10.1. The Morgan fingerprint density at radius 1 is 1.00 bits per heavy atom. The number of amides is 1. The lowest BCUT2D eigenvalue weighted by molar-refractivity contribution is 0.0728. The first-order valence-electron chi connectivity index (χ1n) is 8.92. The van der Waals surface area contributed by atoms with Crippen molar-refractivity contribution < 1.29 is 13.2 Å². The predicted octanol–water partition coefficient (Wildman–Crippen LogP) is 4.60. The zero-order chi connectivity index (χ0) is 21.7. The molecule has 1 N–H and O–H groups in total. The second-order valence-corrected chi connectivity index (χ2v) is 9.25. The van der Waals surface area contributed by atoms with E-state index in [1.165, 1.54) is 6.07 Å². The minimum atomic E-state index is -3.46. The summed E-state index contributed by atoms with van der Waals surface area (Å²) < 4.78 is 25.4. The number of hydrogen-bond donors (Lipinski definition) is 1. The number of carbonyl (C=O) groups excluding carboxylic acids is 1. The van der Waals surface area contributed by atoms with Gasteiger partial charge in [-0.2, -0.15) is 0 Å². The SMILES string of the molecule is CS(=O)(=O)Nc1cccc(C(=O)N(Cc2ccc(Cl)c(Cl)c2)Cc2ccccn2)c1. The fraction of sp³-hybridized carbons (Fsp3) is 0.143. The number of rotatable bonds is 7. The Kier molecular flexibility index (Phi) is 6.97. The number of nitrogens with one attached hydrogen (secondary N) is 1. The van der Waals surface area contributed by atoms with E-state index in [1.54, 1.807) is 53.6 Å². The highest BCUT2D eigenvalue weighted by molar-refractivity contribution is 7.92. The van der Waals surface area contributed by atoms with Gasteiger partial charge < -0.3 is 4.90 Å². The van der Waals surface area contributed by atoms with Crippen molar-refractivity contribution in [3.63, 3.8) is 0 Å². The van der Waals surface area contributed by atoms with Crippen molar-refractivity contribution in [2.24, 2.45) is 0 Å². The van der Waals surface area contributed by atoms with Gasteiger partial charge in [0.2, 0.25) is 10.0 Å². The first-order valence-corrected chi connectivity index (χ1v) is 11.6. The maximum absolute atomic E-state index is 13.3. The Balaban J connectivity index is 1.91. The summed E-state index contributed by atoms with van der Waals surface area (Å²) in [6.07, 6.45) is 2.72. The van der Waals surface area contributed by atoms with E-state index in [2.05, 4.69) is 9.71 Å². The third-order valence-corrected chi connectivity index (χ3v) is 5.48. The number of benzene rings is 2. The van der Waals surface area contributed by atoms with E-state index in [9.17, 15) is 13.2 Å². The molecule has 1 aromatic heterocycles. The van der Waals surface area contributed by atoms with Crippen LogP contribution >= 0.6 is 23.2 Å². The summed E-state index contributed by atoms with van der Waals surface area (Å²) in [5, 5.41) is 0.835. The van der Waals surface area contributed by atoms with Crippen molar-refractivity contribution in [1.82, 2.24) is 9.88 Å². The Labute approximate surface area is 185 Å². The fourth-order valence-electron chi connectivity index (χ4n) is 2.86. The van der Waals surface area contributed by atoms with Crippen molar-refractivity contribution in [3.05, 3.63) is 93.7 Å². The van der Waals surface area contributed by atoms with Crippen LogP contribution in [0.15, 0.2) is 66.9 Å². The highest BCUT2D eigenvalue weighted by atomic mass is 35.5. The van der Waals surface area contributed by atoms with Crippen molar-refractivity contribution >= 4 is 44.8 Å². The van der Waals surface area contributed by atoms with E-state index in [1.807, 2.05) is 12.1 Å². The van der Waals surface area contributed by atoms with E-state index >= 15 is 0 Å². The zero-order valence-corrected chi connectivity index (χ0v) is 18.4. The van der Waals surface area contributed by atoms with Crippen molar-refractivity contribution in [3.8, 4) is 0 Å². The van der Waals surface area contributed by atoms with Crippen LogP contribution < -0.4 is 4.72 Å². The summed E-state index contributed by atoms with van der Waals surface area (Å²) in [4.78, 5) is 19.2. The van der Waals surface area contributed by atoms with Crippen LogP contribution in [0.5, 0.6) is 0 Å². The van der Waals surface area contributed by atoms with E-state index in [4.69, 9.17) is 23.2 Å². The number of aromatic nitrogens is 1. The number of anilines is 1. The van der Waals surface area contributed by atoms with Gasteiger partial charge in [-0.3, -0.25) is 14.5 Å². The highest BCUT2D eigenvalue weighted by Crippen LogP contribution is 2.24. The molecule has 0 saturated heterocycles. The van der Waals surface area contributed by atoms with E-state index in [0.717, 1.165) is 17.5 Å². The van der Waals surface area contributed by atoms with Gasteiger partial charge in [0, 0.05) is 24.0 Å². The number of sulfonamides is 1. The van der Waals surface area contributed by atoms with Crippen LogP contribution in [-0.4, -0.2) is 30.5 Å². The zero-order valence-electron chi connectivity index (χ0n) is 16.0. The van der Waals surface area contributed by atoms with Gasteiger partial charge in [-0.1, -0.05) is 41.4 Å². The molecule has 30 heavy (non-hydrogen) atoms. The molecule has 1 amide bonds. The smallest absolute Gasteiger partial charge is 0.254 e. The van der Waals surface area contributed by atoms with Crippen molar-refractivity contribution in [2.75, 3.05) is 11.0 Å². The number of pyridine rings is 1. The second-order valence-electron chi connectivity index (χ2n) is 6.69. The molecule has 0 bridgehead atoms. The molecule has 0 atom stereocenters. The lowest BCUT2D eigenvalue weighted by Gasteiger charge is -2.23. The summed E-state index contributed by atoms with van der Waals surface area (Å²) >= 11 is 12.1. The van der Waals surface area contributed by atoms with Gasteiger partial charge >= 0.3 is 0 Å². The average molecular weight is 464 g/mol. The molecule has 0 radical (unpaired) electrons. The average Bonchev–Trinajstić information content (AvgIpc) is 2.69. The van der Waals surface area contributed by atoms with Gasteiger partial charge in [0.05, 0.1) is 28.5 Å². The standard InChI is InChI=1S/C21H19Cl2N3O3S/c1-30(28,29)25-17-7-4-5-16(12-17)21(27)26(14-18-6-2-3-10-24-18)13-15-8-9-19(22)20(23)11-15/h2-12,25H,13-14H2,1H3. The van der Waals surface area contributed by atoms with Crippen LogP contribution in [0.2, 0.25) is 10.0 Å². The van der Waals surface area contributed by atoms with Crippen molar-refractivity contribution in [1.29, 1.82) is 0 Å². The molecule has 9 heteroatoms. The van der Waals surface area contributed by atoms with Crippen LogP contribution in [0.1, 0.15) is 21.6 Å². The van der Waals surface area contributed by atoms with Gasteiger partial charge in [0.15, 0.2) is 0 Å². The van der Waals surface area contributed by atoms with E-state index < -0.39 is 10.0 Å². The fourth-order valence-corrected chi connectivity index (χ4v) is 3.73. The molecule has 0 aliphatic carbocycles. The molecule has 3 rings (SSSR count). The monoisotopic (exact) mass is 463 g/mol. The maximum atomic E-state index is 13.3. The van der Waals surface area contributed by atoms with Crippen LogP contribution in [-0.2, 0) is 23.1 Å². The number of nitrogens with zero attached hydrogens (tertiary/aromatic N) is 2. The van der Waals surface area contributed by atoms with Gasteiger partial charge in [0.1, 0.15) is 0 Å². The van der Waals surface area contributed by atoms with Crippen molar-refractivity contribution in [2.45, 2.75) is 13.1 Å². The Bertz CT molecular complexity index is 1160. The summed E-state index contributed by atoms with van der Waals surface area (Å²) in [6.45, 7) is 0.541. The molecule has 0 aliphatic rings. The molecule has 1 heterocycles. The maximum Gasteiger partial charge on any atom is 0.254 e. The molecule has 0 unspecified atom stereocenters. The van der Waals surface area contributed by atoms with Crippen LogP contribution in [0.4, 0.5) is 5.69 Å². The molecule has 0 saturated carbocycles. The van der Waals surface area contributed by atoms with E-state index in [0.29, 0.717) is 21.3 Å². The van der Waals surface area contributed by atoms with Gasteiger partial charge in [0.25, 0.3) is 5.91 Å². The molecule has 0 aliphatic heterocycles. The normalized spacial score (nSPS) is 11.2. The molecule has 156 valence electrons. The minimum absolute atomic E-state index is 0.268. The third kappa shape index (κ3) is 6.19. The summed E-state index contributed by atoms with van der Waals surface area (Å²) in [6, 6.07) is 17.0. The molecule has 0 fully saturated rings. The highest BCUT2D eigenvalue weighted by Gasteiger charge is 2.18. The van der Waals surface area contributed by atoms with E-state index in [-0.39, 0.29) is 19.0 Å². The first-order chi connectivity index (χ1) is 14.2. The summed E-state index contributed by atoms with van der Waals surface area (Å²) in [7, 11) is -3.46. The minimum Gasteiger partial charge on any atom is -0.328 e. The Hall–Kier alpha value is -2.61. The number of carbonyl (C=O) groups is 1. The van der Waals surface area contributed by atoms with Crippen LogP contribution in [0.25, 0.3) is 0 Å². The summed E-state index contributed by atoms with van der Waals surface area (Å²) in [5.74, 6) is -0.274. The predicted molar refractivity (Wildman–Crippen MR) is 119 cm³/mol. The topological polar surface area (TPSA) is 79.4 Å². The largest absolute Gasteiger partial charge is 0.328 e. The first kappa shape index (κ1) is 22.1. The third-order valence-electron chi connectivity index (χ3n) is 4.14. The number of hydrogen-bond acceptors (Lipinski definition) is 4. The molecule has 2 aromatic carbocycles. The molecular weight excluding hydrogens is 445 g/mol. The van der Waals surface area contributed by atoms with Crippen LogP contribution in [0, 0.1) is 0 Å². The van der Waals surface area contributed by atoms with Gasteiger partial charge in [-0.05, 0) is 48.0 Å². The lowest BCUT2D eigenvalue weighted by Crippen LogP contribution is -2.30. The molecule has 3 aromatic rings. The summed E-state index contributed by atoms with van der Waals surface area (Å²) in [5.41, 5.74) is 2.19. The number of halogens is 2. The molecular formula is C21H19Cl2N3O3S. The molecule has 0 spiro atoms. The van der Waals surface area contributed by atoms with Gasteiger partial charge in [-0.15, -0.1) is 0 Å². The quantitative estimate of drug-likeness (QED) is 0.554. The van der Waals surface area contributed by atoms with Gasteiger partial charge in [-0.25, -0.2) is 8.42 Å². The Morgan fingerprint density at radius 3 is 2.47 bits per heavy atom. The second kappa shape index (κ2) is 9.47.